The van der Waals surface area contributed by atoms with E-state index in [2.05, 4.69) is 9.88 Å². The van der Waals surface area contributed by atoms with E-state index >= 15 is 0 Å². The predicted molar refractivity (Wildman–Crippen MR) is 97.7 cm³/mol. The lowest BCUT2D eigenvalue weighted by Crippen LogP contribution is -2.43. The molecule has 3 heterocycles. The van der Waals surface area contributed by atoms with Crippen molar-refractivity contribution in [3.8, 4) is 0 Å². The molecule has 2 aliphatic rings. The Labute approximate surface area is 155 Å². The Morgan fingerprint density at radius 3 is 2.69 bits per heavy atom. The van der Waals surface area contributed by atoms with Gasteiger partial charge >= 0.3 is 0 Å². The van der Waals surface area contributed by atoms with Crippen LogP contribution in [0.2, 0.25) is 0 Å². The minimum Gasteiger partial charge on any atom is -0.396 e. The van der Waals surface area contributed by atoms with Crippen molar-refractivity contribution in [3.63, 3.8) is 0 Å². The first-order chi connectivity index (χ1) is 12.5. The Bertz CT molecular complexity index is 617. The number of halogens is 1. The Morgan fingerprint density at radius 1 is 1.35 bits per heavy atom. The molecule has 2 aliphatic heterocycles. The topological polar surface area (TPSA) is 56.7 Å². The van der Waals surface area contributed by atoms with Gasteiger partial charge in [-0.25, -0.2) is 4.39 Å². The number of carbonyl (C=O) groups excluding carboxylic acids is 1. The maximum atomic E-state index is 13.9. The first-order valence-corrected chi connectivity index (χ1v) is 9.70. The van der Waals surface area contributed by atoms with Crippen LogP contribution in [0.3, 0.4) is 0 Å². The van der Waals surface area contributed by atoms with Crippen molar-refractivity contribution in [3.05, 3.63) is 29.8 Å². The summed E-state index contributed by atoms with van der Waals surface area (Å²) in [5, 5.41) is 9.84. The van der Waals surface area contributed by atoms with Crippen LogP contribution in [0.15, 0.2) is 18.5 Å². The van der Waals surface area contributed by atoms with Gasteiger partial charge in [0.2, 0.25) is 5.91 Å². The van der Waals surface area contributed by atoms with E-state index in [1.165, 1.54) is 6.20 Å². The van der Waals surface area contributed by atoms with Crippen LogP contribution in [0.5, 0.6) is 0 Å². The van der Waals surface area contributed by atoms with Gasteiger partial charge in [0.1, 0.15) is 5.82 Å². The molecule has 6 heteroatoms. The van der Waals surface area contributed by atoms with Crippen molar-refractivity contribution in [2.24, 2.45) is 23.7 Å². The summed E-state index contributed by atoms with van der Waals surface area (Å²) in [6.45, 7) is 7.94. The number of nitrogens with zero attached hydrogens (tertiary/aromatic N) is 3. The van der Waals surface area contributed by atoms with Crippen LogP contribution in [0.1, 0.15) is 32.3 Å². The molecule has 0 aliphatic carbocycles. The van der Waals surface area contributed by atoms with E-state index in [1.807, 2.05) is 18.7 Å². The molecular weight excluding hydrogens is 333 g/mol. The first-order valence-electron chi connectivity index (χ1n) is 9.70. The van der Waals surface area contributed by atoms with E-state index in [0.717, 1.165) is 39.0 Å². The standard InChI is InChI=1S/C20H30FN3O2/c1-14(2)20(26)24-7-4-15(5-8-24)18-12-23(11-17(18)13-25)10-16-3-6-22-9-19(16)21/h3,6,9,14-15,17-18,25H,4-5,7-8,10-13H2,1-2H3/t17-,18-/m0/s1. The van der Waals surface area contributed by atoms with E-state index in [-0.39, 0.29) is 30.2 Å². The zero-order valence-electron chi connectivity index (χ0n) is 15.8. The van der Waals surface area contributed by atoms with E-state index < -0.39 is 0 Å². The van der Waals surface area contributed by atoms with Gasteiger partial charge in [0.05, 0.1) is 6.20 Å². The minimum absolute atomic E-state index is 0.0500. The van der Waals surface area contributed by atoms with Crippen LogP contribution in [0, 0.1) is 29.5 Å². The number of aliphatic hydroxyl groups is 1. The second kappa shape index (κ2) is 8.44. The molecule has 0 unspecified atom stereocenters. The highest BCUT2D eigenvalue weighted by atomic mass is 19.1. The molecule has 0 bridgehead atoms. The van der Waals surface area contributed by atoms with Crippen molar-refractivity contribution in [2.75, 3.05) is 32.8 Å². The highest BCUT2D eigenvalue weighted by Crippen LogP contribution is 2.36. The average Bonchev–Trinajstić information content (AvgIpc) is 3.06. The van der Waals surface area contributed by atoms with Gasteiger partial charge in [-0.05, 0) is 36.7 Å². The fourth-order valence-electron chi connectivity index (χ4n) is 4.53. The number of pyridine rings is 1. The highest BCUT2D eigenvalue weighted by Gasteiger charge is 2.39. The first kappa shape index (κ1) is 19.2. The van der Waals surface area contributed by atoms with Crippen molar-refractivity contribution in [1.82, 2.24) is 14.8 Å². The van der Waals surface area contributed by atoms with E-state index in [0.29, 0.717) is 23.9 Å². The van der Waals surface area contributed by atoms with Crippen LogP contribution < -0.4 is 0 Å². The van der Waals surface area contributed by atoms with Gasteiger partial charge in [-0.15, -0.1) is 0 Å². The SMILES string of the molecule is CC(C)C(=O)N1CCC([C@@H]2CN(Cc3ccncc3F)C[C@H]2CO)CC1. The third-order valence-electron chi connectivity index (χ3n) is 6.00. The third kappa shape index (κ3) is 4.23. The smallest absolute Gasteiger partial charge is 0.225 e. The molecule has 0 saturated carbocycles. The molecule has 2 saturated heterocycles. The second-order valence-corrected chi connectivity index (χ2v) is 8.09. The van der Waals surface area contributed by atoms with Gasteiger partial charge in [-0.2, -0.15) is 0 Å². The predicted octanol–water partition coefficient (Wildman–Crippen LogP) is 2.16. The van der Waals surface area contributed by atoms with E-state index in [1.54, 1.807) is 12.3 Å². The molecule has 1 aromatic rings. The number of rotatable bonds is 5. The van der Waals surface area contributed by atoms with E-state index in [9.17, 15) is 14.3 Å². The molecule has 2 atom stereocenters. The summed E-state index contributed by atoms with van der Waals surface area (Å²) in [4.78, 5) is 20.2. The molecule has 1 N–H and O–H groups in total. The zero-order valence-corrected chi connectivity index (χ0v) is 15.8. The van der Waals surface area contributed by atoms with Gasteiger partial charge in [0.15, 0.2) is 0 Å². The molecule has 0 aromatic carbocycles. The number of likely N-dealkylation sites (tertiary alicyclic amines) is 2. The normalized spacial score (nSPS) is 25.2. The quantitative estimate of drug-likeness (QED) is 0.871. The van der Waals surface area contributed by atoms with Gasteiger partial charge in [-0.1, -0.05) is 13.8 Å². The summed E-state index contributed by atoms with van der Waals surface area (Å²) in [5.74, 6) is 1.20. The molecule has 2 fully saturated rings. The number of piperidine rings is 1. The van der Waals surface area contributed by atoms with Gasteiger partial charge in [-0.3, -0.25) is 14.7 Å². The molecule has 3 rings (SSSR count). The maximum Gasteiger partial charge on any atom is 0.225 e. The molecule has 1 amide bonds. The van der Waals surface area contributed by atoms with Crippen molar-refractivity contribution in [2.45, 2.75) is 33.2 Å². The lowest BCUT2D eigenvalue weighted by molar-refractivity contribution is -0.136. The number of aliphatic hydroxyl groups excluding tert-OH is 1. The Balaban J connectivity index is 1.58. The lowest BCUT2D eigenvalue weighted by Gasteiger charge is -2.37. The van der Waals surface area contributed by atoms with Crippen LogP contribution in [0.25, 0.3) is 0 Å². The fraction of sp³-hybridized carbons (Fsp3) is 0.700. The molecule has 0 spiro atoms. The monoisotopic (exact) mass is 363 g/mol. The summed E-state index contributed by atoms with van der Waals surface area (Å²) < 4.78 is 13.9. The van der Waals surface area contributed by atoms with Gasteiger partial charge < -0.3 is 10.0 Å². The van der Waals surface area contributed by atoms with Crippen LogP contribution >= 0.6 is 0 Å². The minimum atomic E-state index is -0.267. The van der Waals surface area contributed by atoms with Crippen LogP contribution in [-0.2, 0) is 11.3 Å². The highest BCUT2D eigenvalue weighted by molar-refractivity contribution is 5.78. The Hall–Kier alpha value is -1.53. The van der Waals surface area contributed by atoms with Crippen LogP contribution in [-0.4, -0.2) is 58.6 Å². The van der Waals surface area contributed by atoms with Crippen LogP contribution in [0.4, 0.5) is 4.39 Å². The summed E-state index contributed by atoms with van der Waals surface area (Å²) in [7, 11) is 0. The molecule has 5 nitrogen and oxygen atoms in total. The summed E-state index contributed by atoms with van der Waals surface area (Å²) in [5.41, 5.74) is 0.662. The van der Waals surface area contributed by atoms with Crippen molar-refractivity contribution in [1.29, 1.82) is 0 Å². The summed E-state index contributed by atoms with van der Waals surface area (Å²) in [6, 6.07) is 1.73. The fourth-order valence-corrected chi connectivity index (χ4v) is 4.53. The average molecular weight is 363 g/mol. The number of hydrogen-bond acceptors (Lipinski definition) is 4. The summed E-state index contributed by atoms with van der Waals surface area (Å²) in [6.07, 6.45) is 4.87. The van der Waals surface area contributed by atoms with Gasteiger partial charge in [0, 0.05) is 57.0 Å². The maximum absolute atomic E-state index is 13.9. The number of aromatic nitrogens is 1. The lowest BCUT2D eigenvalue weighted by atomic mass is 9.78. The molecule has 1 aromatic heterocycles. The third-order valence-corrected chi connectivity index (χ3v) is 6.00. The number of amides is 1. The number of hydrogen-bond donors (Lipinski definition) is 1. The Kier molecular flexibility index (Phi) is 6.24. The molecule has 26 heavy (non-hydrogen) atoms. The summed E-state index contributed by atoms with van der Waals surface area (Å²) >= 11 is 0. The molecule has 144 valence electrons. The molecular formula is C20H30FN3O2. The zero-order chi connectivity index (χ0) is 18.7. The number of carbonyl (C=O) groups is 1. The van der Waals surface area contributed by atoms with Crippen molar-refractivity contribution < 1.29 is 14.3 Å². The van der Waals surface area contributed by atoms with E-state index in [4.69, 9.17) is 0 Å². The largest absolute Gasteiger partial charge is 0.396 e. The Morgan fingerprint density at radius 2 is 2.08 bits per heavy atom. The van der Waals surface area contributed by atoms with Crippen molar-refractivity contribution >= 4 is 5.91 Å². The second-order valence-electron chi connectivity index (χ2n) is 8.09. The molecule has 0 radical (unpaired) electrons. The van der Waals surface area contributed by atoms with Gasteiger partial charge in [0.25, 0.3) is 0 Å².